The van der Waals surface area contributed by atoms with Crippen LogP contribution in [0.5, 0.6) is 5.75 Å². The molecule has 10 heteroatoms. The number of aliphatic hydroxyl groups is 4. The molecule has 1 saturated carbocycles. The molecule has 0 amide bonds. The van der Waals surface area contributed by atoms with E-state index >= 15 is 0 Å². The molecular formula is C28H36N2O8. The highest BCUT2D eigenvalue weighted by molar-refractivity contribution is 6.25. The van der Waals surface area contributed by atoms with Crippen LogP contribution in [0.25, 0.3) is 5.76 Å². The van der Waals surface area contributed by atoms with Crippen molar-refractivity contribution in [2.45, 2.75) is 50.4 Å². The van der Waals surface area contributed by atoms with Crippen LogP contribution < -0.4 is 0 Å². The zero-order chi connectivity index (χ0) is 28.3. The highest BCUT2D eigenvalue weighted by Crippen LogP contribution is 2.57. The summed E-state index contributed by atoms with van der Waals surface area (Å²) in [6, 6.07) is 3.16. The van der Waals surface area contributed by atoms with E-state index in [2.05, 4.69) is 0 Å². The standard InChI is InChI=1S/C28H36N2O8/c1-6-11-30(5)12-10-18(32)21-24(34)22(29(3)4)16-13-15-20(25(35)28(16,38)26(21)36)23(33)19-14(27(15,2)37)8-7-9-17(19)31/h7-9,15-16,22,31,33,36-38H,6,10-13H2,1-5H3/t15-,16-,22-,27?,28-/m0/s1. The fraction of sp³-hybridized carbons (Fsp3) is 0.536. The molecule has 10 nitrogen and oxygen atoms in total. The van der Waals surface area contributed by atoms with Crippen molar-refractivity contribution < 1.29 is 39.9 Å². The van der Waals surface area contributed by atoms with Gasteiger partial charge in [-0.2, -0.15) is 0 Å². The Labute approximate surface area is 221 Å². The number of ketones is 3. The van der Waals surface area contributed by atoms with Crippen LogP contribution in [0.1, 0.15) is 44.2 Å². The molecule has 0 saturated heterocycles. The summed E-state index contributed by atoms with van der Waals surface area (Å²) in [6.45, 7) is 4.46. The molecule has 3 aliphatic rings. The maximum atomic E-state index is 14.0. The lowest BCUT2D eigenvalue weighted by Crippen LogP contribution is -2.66. The molecule has 0 bridgehead atoms. The maximum absolute atomic E-state index is 14.0. The molecule has 5 N–H and O–H groups in total. The first-order valence-electron chi connectivity index (χ1n) is 12.8. The predicted molar refractivity (Wildman–Crippen MR) is 138 cm³/mol. The average molecular weight is 529 g/mol. The van der Waals surface area contributed by atoms with E-state index in [1.807, 2.05) is 18.9 Å². The molecular weight excluding hydrogens is 492 g/mol. The average Bonchev–Trinajstić information content (AvgIpc) is 2.83. The molecule has 206 valence electrons. The number of carbonyl (C=O) groups is 3. The number of phenols is 1. The Morgan fingerprint density at radius 1 is 1.08 bits per heavy atom. The number of benzene rings is 1. The van der Waals surface area contributed by atoms with E-state index in [1.54, 1.807) is 14.1 Å². The minimum Gasteiger partial charge on any atom is -0.508 e. The van der Waals surface area contributed by atoms with Gasteiger partial charge in [-0.25, -0.2) is 0 Å². The van der Waals surface area contributed by atoms with Gasteiger partial charge in [0, 0.05) is 30.4 Å². The van der Waals surface area contributed by atoms with Gasteiger partial charge in [-0.15, -0.1) is 0 Å². The fourth-order valence-corrected chi connectivity index (χ4v) is 6.44. The lowest BCUT2D eigenvalue weighted by atomic mass is 9.54. The third-order valence-electron chi connectivity index (χ3n) is 8.38. The Morgan fingerprint density at radius 3 is 2.34 bits per heavy atom. The van der Waals surface area contributed by atoms with Crippen LogP contribution in [0, 0.1) is 11.8 Å². The topological polar surface area (TPSA) is 159 Å². The largest absolute Gasteiger partial charge is 0.508 e. The van der Waals surface area contributed by atoms with Crippen molar-refractivity contribution in [1.29, 1.82) is 0 Å². The Hall–Kier alpha value is -3.05. The van der Waals surface area contributed by atoms with Crippen LogP contribution in [-0.2, 0) is 20.0 Å². The third-order valence-corrected chi connectivity index (χ3v) is 8.38. The number of Topliss-reactive ketones (excluding diaryl/α,β-unsaturated/α-hetero) is 3. The Bertz CT molecular complexity index is 1260. The van der Waals surface area contributed by atoms with Gasteiger partial charge in [0.25, 0.3) is 0 Å². The number of aliphatic hydroxyl groups excluding tert-OH is 2. The van der Waals surface area contributed by atoms with Crippen molar-refractivity contribution >= 4 is 23.1 Å². The van der Waals surface area contributed by atoms with Crippen molar-refractivity contribution in [3.8, 4) is 5.75 Å². The van der Waals surface area contributed by atoms with Crippen molar-refractivity contribution in [1.82, 2.24) is 9.80 Å². The first-order valence-corrected chi connectivity index (χ1v) is 12.8. The lowest BCUT2D eigenvalue weighted by molar-refractivity contribution is -0.159. The van der Waals surface area contributed by atoms with E-state index in [9.17, 15) is 39.9 Å². The van der Waals surface area contributed by atoms with Gasteiger partial charge in [0.05, 0.1) is 17.2 Å². The predicted octanol–water partition coefficient (Wildman–Crippen LogP) is 1.44. The number of hydrogen-bond donors (Lipinski definition) is 5. The zero-order valence-corrected chi connectivity index (χ0v) is 22.4. The van der Waals surface area contributed by atoms with E-state index in [4.69, 9.17) is 0 Å². The monoisotopic (exact) mass is 528 g/mol. The summed E-state index contributed by atoms with van der Waals surface area (Å²) >= 11 is 0. The first-order chi connectivity index (χ1) is 17.7. The molecule has 4 rings (SSSR count). The SMILES string of the molecule is CCCN(C)CCC(=O)C1=C(O)[C@@]2(O)C(=O)C3=C(O)c4c(O)cccc4C(C)(O)[C@H]3C[C@H]2[C@H](N(C)C)C1=O. The summed E-state index contributed by atoms with van der Waals surface area (Å²) in [7, 11) is 4.96. The van der Waals surface area contributed by atoms with E-state index in [0.29, 0.717) is 6.54 Å². The Balaban J connectivity index is 1.90. The third kappa shape index (κ3) is 3.89. The molecule has 38 heavy (non-hydrogen) atoms. The van der Waals surface area contributed by atoms with Crippen molar-refractivity contribution in [3.05, 3.63) is 46.2 Å². The molecule has 3 aliphatic carbocycles. The highest BCUT2D eigenvalue weighted by Gasteiger charge is 2.66. The molecule has 1 aromatic rings. The maximum Gasteiger partial charge on any atom is 0.202 e. The number of carbonyl (C=O) groups excluding carboxylic acids is 3. The zero-order valence-electron chi connectivity index (χ0n) is 22.4. The second-order valence-corrected chi connectivity index (χ2v) is 11.1. The molecule has 1 aromatic carbocycles. The number of likely N-dealkylation sites (N-methyl/N-ethyl adjacent to an activating group) is 1. The van der Waals surface area contributed by atoms with Crippen LogP contribution in [0.2, 0.25) is 0 Å². The van der Waals surface area contributed by atoms with E-state index in [-0.39, 0.29) is 35.3 Å². The summed E-state index contributed by atoms with van der Waals surface area (Å²) in [5.74, 6) is -6.81. The Morgan fingerprint density at radius 2 is 1.74 bits per heavy atom. The van der Waals surface area contributed by atoms with Gasteiger partial charge in [-0.05, 0) is 59.1 Å². The summed E-state index contributed by atoms with van der Waals surface area (Å²) in [6.07, 6.45) is 0.588. The van der Waals surface area contributed by atoms with Gasteiger partial charge >= 0.3 is 0 Å². The first kappa shape index (κ1) is 28.0. The number of fused-ring (bicyclic) bond motifs is 3. The van der Waals surface area contributed by atoms with Gasteiger partial charge in [0.1, 0.15) is 22.8 Å². The van der Waals surface area contributed by atoms with Gasteiger partial charge in [0.15, 0.2) is 17.2 Å². The van der Waals surface area contributed by atoms with E-state index in [1.165, 1.54) is 30.0 Å². The Kier molecular flexibility index (Phi) is 7.07. The smallest absolute Gasteiger partial charge is 0.202 e. The molecule has 0 radical (unpaired) electrons. The van der Waals surface area contributed by atoms with Crippen LogP contribution >= 0.6 is 0 Å². The molecule has 0 aromatic heterocycles. The summed E-state index contributed by atoms with van der Waals surface area (Å²) < 4.78 is 0. The van der Waals surface area contributed by atoms with Crippen molar-refractivity contribution in [3.63, 3.8) is 0 Å². The molecule has 1 fully saturated rings. The van der Waals surface area contributed by atoms with Gasteiger partial charge in [-0.1, -0.05) is 19.1 Å². The summed E-state index contributed by atoms with van der Waals surface area (Å²) in [5.41, 5.74) is -5.39. The highest BCUT2D eigenvalue weighted by atomic mass is 16.3. The molecule has 1 unspecified atom stereocenters. The number of aromatic hydroxyl groups is 1. The van der Waals surface area contributed by atoms with Crippen molar-refractivity contribution in [2.75, 3.05) is 34.2 Å². The quantitative estimate of drug-likeness (QED) is 0.328. The van der Waals surface area contributed by atoms with Gasteiger partial charge in [0.2, 0.25) is 5.78 Å². The van der Waals surface area contributed by atoms with E-state index in [0.717, 1.165) is 13.0 Å². The summed E-state index contributed by atoms with van der Waals surface area (Å²) in [5, 5.41) is 56.4. The second-order valence-electron chi connectivity index (χ2n) is 11.1. The van der Waals surface area contributed by atoms with Crippen LogP contribution in [-0.4, -0.2) is 98.6 Å². The lowest BCUT2D eigenvalue weighted by Gasteiger charge is -2.53. The number of nitrogens with zero attached hydrogens (tertiary/aromatic N) is 2. The number of hydrogen-bond acceptors (Lipinski definition) is 10. The van der Waals surface area contributed by atoms with Gasteiger partial charge < -0.3 is 30.4 Å². The summed E-state index contributed by atoms with van der Waals surface area (Å²) in [4.78, 5) is 44.3. The molecule has 0 aliphatic heterocycles. The molecule has 5 atom stereocenters. The van der Waals surface area contributed by atoms with Crippen LogP contribution in [0.4, 0.5) is 0 Å². The molecule has 0 spiro atoms. The number of phenolic OH excluding ortho intramolecular Hbond substituents is 1. The van der Waals surface area contributed by atoms with E-state index < -0.39 is 63.5 Å². The van der Waals surface area contributed by atoms with Crippen LogP contribution in [0.15, 0.2) is 35.1 Å². The fourth-order valence-electron chi connectivity index (χ4n) is 6.44. The van der Waals surface area contributed by atoms with Crippen molar-refractivity contribution in [2.24, 2.45) is 11.8 Å². The number of rotatable bonds is 7. The molecule has 0 heterocycles. The minimum absolute atomic E-state index is 0.108. The van der Waals surface area contributed by atoms with Crippen LogP contribution in [0.3, 0.4) is 0 Å². The minimum atomic E-state index is -2.69. The second kappa shape index (κ2) is 9.60. The van der Waals surface area contributed by atoms with Gasteiger partial charge in [-0.3, -0.25) is 19.3 Å². The normalized spacial score (nSPS) is 31.0.